The summed E-state index contributed by atoms with van der Waals surface area (Å²) in [7, 11) is 3.11. The van der Waals surface area contributed by atoms with E-state index in [1.165, 1.54) is 6.08 Å². The molecule has 0 bridgehead atoms. The summed E-state index contributed by atoms with van der Waals surface area (Å²) in [5.74, 6) is 1.24. The molecule has 6 nitrogen and oxygen atoms in total. The number of carbonyl (C=O) groups excluding carboxylic acids is 1. The molecule has 0 aliphatic heterocycles. The van der Waals surface area contributed by atoms with Crippen LogP contribution < -0.4 is 19.5 Å². The van der Waals surface area contributed by atoms with Gasteiger partial charge in [-0.05, 0) is 42.5 Å². The molecule has 27 heavy (non-hydrogen) atoms. The van der Waals surface area contributed by atoms with E-state index in [0.29, 0.717) is 28.5 Å². The number of hydrogen-bond acceptors (Lipinski definition) is 5. The molecule has 2 rings (SSSR count). The molecule has 2 aromatic carbocycles. The Bertz CT molecular complexity index is 880. The molecule has 0 radical (unpaired) electrons. The molecule has 0 spiro atoms. The van der Waals surface area contributed by atoms with Crippen LogP contribution in [-0.2, 0) is 4.79 Å². The fourth-order valence-corrected chi connectivity index (χ4v) is 2.21. The summed E-state index contributed by atoms with van der Waals surface area (Å²) in [5.41, 5.74) is 1.08. The van der Waals surface area contributed by atoms with Gasteiger partial charge in [0.05, 0.1) is 14.2 Å². The molecular formula is C21H20N2O4. The molecule has 0 saturated heterocycles. The summed E-state index contributed by atoms with van der Waals surface area (Å²) in [6.07, 6.45) is 3.07. The number of methoxy groups -OCH3 is 2. The number of carbonyl (C=O) groups is 1. The van der Waals surface area contributed by atoms with Crippen LogP contribution in [0.3, 0.4) is 0 Å². The Kier molecular flexibility index (Phi) is 7.03. The van der Waals surface area contributed by atoms with Crippen molar-refractivity contribution in [1.29, 1.82) is 5.26 Å². The number of hydrogen-bond donors (Lipinski definition) is 1. The normalized spacial score (nSPS) is 10.5. The lowest BCUT2D eigenvalue weighted by molar-refractivity contribution is -0.112. The van der Waals surface area contributed by atoms with Crippen LogP contribution >= 0.6 is 0 Å². The van der Waals surface area contributed by atoms with E-state index >= 15 is 0 Å². The van der Waals surface area contributed by atoms with Crippen LogP contribution in [0.25, 0.3) is 6.08 Å². The summed E-state index contributed by atoms with van der Waals surface area (Å²) >= 11 is 0. The zero-order chi connectivity index (χ0) is 19.6. The lowest BCUT2D eigenvalue weighted by Crippen LogP contribution is -2.13. The molecular weight excluding hydrogens is 344 g/mol. The van der Waals surface area contributed by atoms with Crippen molar-refractivity contribution in [2.75, 3.05) is 26.1 Å². The van der Waals surface area contributed by atoms with E-state index in [1.807, 2.05) is 6.07 Å². The molecule has 0 fully saturated rings. The largest absolute Gasteiger partial charge is 0.497 e. The third-order valence-corrected chi connectivity index (χ3v) is 3.59. The smallest absolute Gasteiger partial charge is 0.266 e. The van der Waals surface area contributed by atoms with Gasteiger partial charge in [-0.25, -0.2) is 0 Å². The van der Waals surface area contributed by atoms with Crippen LogP contribution in [0.15, 0.2) is 60.7 Å². The highest BCUT2D eigenvalue weighted by Crippen LogP contribution is 2.27. The van der Waals surface area contributed by atoms with Crippen LogP contribution in [0.4, 0.5) is 5.69 Å². The maximum Gasteiger partial charge on any atom is 0.266 e. The monoisotopic (exact) mass is 364 g/mol. The first kappa shape index (κ1) is 19.6. The zero-order valence-corrected chi connectivity index (χ0v) is 15.2. The Balaban J connectivity index is 2.26. The number of nitriles is 1. The van der Waals surface area contributed by atoms with Crippen molar-refractivity contribution in [2.45, 2.75) is 0 Å². The van der Waals surface area contributed by atoms with Crippen LogP contribution in [-0.4, -0.2) is 26.7 Å². The fraction of sp³-hybridized carbons (Fsp3) is 0.143. The second-order valence-electron chi connectivity index (χ2n) is 5.36. The van der Waals surface area contributed by atoms with Crippen LogP contribution in [0.1, 0.15) is 5.56 Å². The van der Waals surface area contributed by atoms with Crippen LogP contribution in [0.5, 0.6) is 17.2 Å². The number of benzene rings is 2. The van der Waals surface area contributed by atoms with Gasteiger partial charge in [-0.2, -0.15) is 5.26 Å². The molecule has 0 unspecified atom stereocenters. The van der Waals surface area contributed by atoms with Crippen molar-refractivity contribution in [2.24, 2.45) is 0 Å². The maximum absolute atomic E-state index is 12.4. The van der Waals surface area contributed by atoms with Gasteiger partial charge < -0.3 is 19.5 Å². The number of nitrogens with one attached hydrogen (secondary N) is 1. The molecule has 1 amide bonds. The van der Waals surface area contributed by atoms with Gasteiger partial charge in [0.2, 0.25) is 0 Å². The van der Waals surface area contributed by atoms with Gasteiger partial charge >= 0.3 is 0 Å². The van der Waals surface area contributed by atoms with E-state index in [2.05, 4.69) is 11.9 Å². The molecule has 6 heteroatoms. The van der Waals surface area contributed by atoms with Crippen LogP contribution in [0.2, 0.25) is 0 Å². The van der Waals surface area contributed by atoms with Crippen molar-refractivity contribution in [3.05, 3.63) is 66.3 Å². The molecule has 138 valence electrons. The predicted molar refractivity (Wildman–Crippen MR) is 104 cm³/mol. The lowest BCUT2D eigenvalue weighted by atomic mass is 10.1. The van der Waals surface area contributed by atoms with E-state index in [1.54, 1.807) is 62.8 Å². The van der Waals surface area contributed by atoms with Crippen molar-refractivity contribution in [3.8, 4) is 23.3 Å². The number of ether oxygens (including phenoxy) is 3. The number of nitrogens with zero attached hydrogens (tertiary/aromatic N) is 1. The Hall–Kier alpha value is -3.72. The molecule has 2 aromatic rings. The first-order valence-electron chi connectivity index (χ1n) is 8.10. The Morgan fingerprint density at radius 2 is 1.81 bits per heavy atom. The Morgan fingerprint density at radius 3 is 2.41 bits per heavy atom. The minimum absolute atomic E-state index is 0.0561. The number of anilines is 1. The van der Waals surface area contributed by atoms with E-state index in [9.17, 15) is 10.1 Å². The van der Waals surface area contributed by atoms with Crippen molar-refractivity contribution in [1.82, 2.24) is 0 Å². The van der Waals surface area contributed by atoms with E-state index in [-0.39, 0.29) is 12.2 Å². The summed E-state index contributed by atoms with van der Waals surface area (Å²) in [5, 5.41) is 12.1. The van der Waals surface area contributed by atoms with Gasteiger partial charge in [0.25, 0.3) is 5.91 Å². The van der Waals surface area contributed by atoms with Gasteiger partial charge in [-0.3, -0.25) is 4.79 Å². The molecule has 0 atom stereocenters. The fourth-order valence-electron chi connectivity index (χ4n) is 2.21. The predicted octanol–water partition coefficient (Wildman–Crippen LogP) is 3.81. The van der Waals surface area contributed by atoms with Gasteiger partial charge in [0.15, 0.2) is 0 Å². The van der Waals surface area contributed by atoms with Gasteiger partial charge in [0, 0.05) is 17.3 Å². The molecule has 1 N–H and O–H groups in total. The second-order valence-corrected chi connectivity index (χ2v) is 5.36. The molecule has 0 aliphatic rings. The molecule has 0 heterocycles. The Morgan fingerprint density at radius 1 is 1.15 bits per heavy atom. The van der Waals surface area contributed by atoms with Gasteiger partial charge in [0.1, 0.15) is 35.5 Å². The first-order valence-corrected chi connectivity index (χ1v) is 8.10. The maximum atomic E-state index is 12.4. The van der Waals surface area contributed by atoms with E-state index < -0.39 is 5.91 Å². The van der Waals surface area contributed by atoms with Crippen molar-refractivity contribution in [3.63, 3.8) is 0 Å². The minimum Gasteiger partial charge on any atom is -0.497 e. The molecule has 0 aromatic heterocycles. The summed E-state index contributed by atoms with van der Waals surface area (Å²) < 4.78 is 15.9. The summed E-state index contributed by atoms with van der Waals surface area (Å²) in [6, 6.07) is 13.9. The SMILES string of the molecule is C=CCOc1cc(OC)ccc1/C=C(\C#N)C(=O)Nc1ccc(OC)cc1. The average molecular weight is 364 g/mol. The second kappa shape index (κ2) is 9.68. The highest BCUT2D eigenvalue weighted by atomic mass is 16.5. The first-order chi connectivity index (χ1) is 13.1. The highest BCUT2D eigenvalue weighted by molar-refractivity contribution is 6.09. The van der Waals surface area contributed by atoms with E-state index in [4.69, 9.17) is 14.2 Å². The number of rotatable bonds is 8. The average Bonchev–Trinajstić information content (AvgIpc) is 2.71. The van der Waals surface area contributed by atoms with Crippen LogP contribution in [0, 0.1) is 11.3 Å². The molecule has 0 aliphatic carbocycles. The van der Waals surface area contributed by atoms with E-state index in [0.717, 1.165) is 0 Å². The highest BCUT2D eigenvalue weighted by Gasteiger charge is 2.12. The van der Waals surface area contributed by atoms with Crippen molar-refractivity contribution < 1.29 is 19.0 Å². The Labute approximate surface area is 158 Å². The van der Waals surface area contributed by atoms with Gasteiger partial charge in [-0.15, -0.1) is 0 Å². The number of amides is 1. The topological polar surface area (TPSA) is 80.6 Å². The molecule has 0 saturated carbocycles. The third-order valence-electron chi connectivity index (χ3n) is 3.59. The minimum atomic E-state index is -0.520. The summed E-state index contributed by atoms with van der Waals surface area (Å²) in [4.78, 5) is 12.4. The standard InChI is InChI=1S/C21H20N2O4/c1-4-11-27-20-13-19(26-3)8-5-15(20)12-16(14-22)21(24)23-17-6-9-18(25-2)10-7-17/h4-10,12-13H,1,11H2,2-3H3,(H,23,24)/b16-12+. The zero-order valence-electron chi connectivity index (χ0n) is 15.2. The summed E-state index contributed by atoms with van der Waals surface area (Å²) in [6.45, 7) is 3.90. The quantitative estimate of drug-likeness (QED) is 0.438. The third kappa shape index (κ3) is 5.38. The van der Waals surface area contributed by atoms with Crippen molar-refractivity contribution >= 4 is 17.7 Å². The lowest BCUT2D eigenvalue weighted by Gasteiger charge is -2.10. The van der Waals surface area contributed by atoms with Gasteiger partial charge in [-0.1, -0.05) is 12.7 Å².